The molecule has 24 heteroatoms. The Labute approximate surface area is 241 Å². The molecule has 0 bridgehead atoms. The number of nitrogen functional groups attached to an aromatic ring is 1. The van der Waals surface area contributed by atoms with E-state index in [1.165, 1.54) is 17.0 Å². The Morgan fingerprint density at radius 1 is 1.22 bits per heavy atom. The van der Waals surface area contributed by atoms with Crippen molar-refractivity contribution in [3.8, 4) is 11.8 Å². The molecule has 2 unspecified atom stereocenters. The van der Waals surface area contributed by atoms with Crippen LogP contribution >= 0.6 is 45.1 Å². The maximum absolute atomic E-state index is 12.5. The number of nitrogens with two attached hydrogens (primary N) is 3. The van der Waals surface area contributed by atoms with E-state index < -0.39 is 54.2 Å². The second-order valence-electron chi connectivity index (χ2n) is 8.59. The minimum atomic E-state index is -5.71. The molecule has 19 nitrogen and oxygen atoms in total. The summed E-state index contributed by atoms with van der Waals surface area (Å²) in [5.41, 5.74) is 10.8. The third-order valence-electron chi connectivity index (χ3n) is 4.77. The van der Waals surface area contributed by atoms with E-state index in [1.807, 2.05) is 13.8 Å². The average molecular weight is 686 g/mol. The Hall–Kier alpha value is -0.850. The van der Waals surface area contributed by atoms with Crippen LogP contribution in [0.3, 0.4) is 0 Å². The lowest BCUT2D eigenvalue weighted by Crippen LogP contribution is -2.31. The van der Waals surface area contributed by atoms with Crippen molar-refractivity contribution in [3.63, 3.8) is 0 Å². The Kier molecular flexibility index (Phi) is 13.5. The van der Waals surface area contributed by atoms with Crippen molar-refractivity contribution in [1.82, 2.24) is 9.55 Å². The number of nitrogens with zero attached hydrogens (tertiary/aromatic N) is 2. The first-order valence-electron chi connectivity index (χ1n) is 11.1. The van der Waals surface area contributed by atoms with Gasteiger partial charge in [-0.3, -0.25) is 13.9 Å². The van der Waals surface area contributed by atoms with E-state index in [4.69, 9.17) is 41.5 Å². The lowest BCUT2D eigenvalue weighted by molar-refractivity contribution is -0.0618. The summed E-state index contributed by atoms with van der Waals surface area (Å²) in [6, 6.07) is 0. The molecule has 5 atom stereocenters. The van der Waals surface area contributed by atoms with Crippen LogP contribution < -0.4 is 23.1 Å². The van der Waals surface area contributed by atoms with Crippen molar-refractivity contribution in [2.75, 3.05) is 31.4 Å². The van der Waals surface area contributed by atoms with Gasteiger partial charge in [0.05, 0.1) is 12.2 Å². The van der Waals surface area contributed by atoms with Gasteiger partial charge in [0.1, 0.15) is 36.8 Å². The number of rotatable bonds is 15. The van der Waals surface area contributed by atoms with Gasteiger partial charge in [0, 0.05) is 23.9 Å². The van der Waals surface area contributed by atoms with Crippen LogP contribution in [0.1, 0.15) is 32.1 Å². The minimum Gasteiger partial charge on any atom is -0.382 e. The minimum absolute atomic E-state index is 0.0564. The second-order valence-corrected chi connectivity index (χ2v) is 16.0. The summed E-state index contributed by atoms with van der Waals surface area (Å²) in [4.78, 5) is 57.1. The van der Waals surface area contributed by atoms with E-state index >= 15 is 0 Å². The van der Waals surface area contributed by atoms with Crippen LogP contribution in [0.15, 0.2) is 11.0 Å². The van der Waals surface area contributed by atoms with Crippen LogP contribution in [0.4, 0.5) is 5.82 Å². The standard InChI is InChI=1S/C17H30N5O14P3S2/c1-17(2,9-18)41-40-10-31-5-3-4-11-7-22(16(23)21-15(11)19)14-6-12(34-20)13(33-14)8-32-38(27,28)36-39(29,30)35-37(24,25)26/h7,12-14H,5-6,8-10,18,20H2,1-2H3,(H,27,28)(H,29,30)(H2,19,21,23)(H2,24,25,26)/t12-,13-,14-/m1/s1. The van der Waals surface area contributed by atoms with Gasteiger partial charge in [-0.2, -0.15) is 13.6 Å². The molecule has 1 aromatic rings. The number of phosphoric ester groups is 1. The van der Waals surface area contributed by atoms with Crippen LogP contribution in [-0.2, 0) is 41.2 Å². The number of anilines is 1. The Bertz CT molecular complexity index is 1320. The fourth-order valence-electron chi connectivity index (χ4n) is 2.90. The first kappa shape index (κ1) is 36.3. The maximum Gasteiger partial charge on any atom is 0.490 e. The molecule has 1 aliphatic rings. The van der Waals surface area contributed by atoms with Crippen LogP contribution in [0.2, 0.25) is 0 Å². The molecule has 0 aromatic carbocycles. The van der Waals surface area contributed by atoms with Gasteiger partial charge in [-0.05, 0) is 13.8 Å². The molecule has 41 heavy (non-hydrogen) atoms. The Morgan fingerprint density at radius 2 is 1.90 bits per heavy atom. The summed E-state index contributed by atoms with van der Waals surface area (Å²) < 4.78 is 58.1. The summed E-state index contributed by atoms with van der Waals surface area (Å²) in [6.45, 7) is 3.72. The second kappa shape index (κ2) is 15.2. The highest BCUT2D eigenvalue weighted by Crippen LogP contribution is 2.66. The molecule has 0 saturated carbocycles. The molecule has 0 radical (unpaired) electrons. The van der Waals surface area contributed by atoms with Crippen LogP contribution in [-0.4, -0.2) is 71.8 Å². The van der Waals surface area contributed by atoms with Gasteiger partial charge in [0.2, 0.25) is 0 Å². The van der Waals surface area contributed by atoms with Gasteiger partial charge < -0.3 is 40.5 Å². The van der Waals surface area contributed by atoms with Crippen LogP contribution in [0, 0.1) is 11.8 Å². The highest BCUT2D eigenvalue weighted by molar-refractivity contribution is 8.77. The maximum atomic E-state index is 12.5. The van der Waals surface area contributed by atoms with E-state index in [0.29, 0.717) is 12.5 Å². The lowest BCUT2D eigenvalue weighted by atomic mass is 10.2. The molecule has 0 aliphatic carbocycles. The first-order valence-corrected chi connectivity index (χ1v) is 18.0. The Balaban J connectivity index is 2.03. The molecule has 2 heterocycles. The zero-order valence-corrected chi connectivity index (χ0v) is 25.8. The van der Waals surface area contributed by atoms with Gasteiger partial charge in [-0.25, -0.2) is 24.4 Å². The molecule has 234 valence electrons. The van der Waals surface area contributed by atoms with E-state index in [-0.39, 0.29) is 29.2 Å². The quantitative estimate of drug-likeness (QED) is 0.0323. The van der Waals surface area contributed by atoms with Gasteiger partial charge in [-0.1, -0.05) is 33.4 Å². The number of hydrogen-bond donors (Lipinski definition) is 7. The monoisotopic (exact) mass is 685 g/mol. The third kappa shape index (κ3) is 12.7. The normalized spacial score (nSPS) is 22.5. The molecule has 1 saturated heterocycles. The topological polar surface area (TPSA) is 300 Å². The van der Waals surface area contributed by atoms with Crippen molar-refractivity contribution in [3.05, 3.63) is 22.2 Å². The molecule has 10 N–H and O–H groups in total. The lowest BCUT2D eigenvalue weighted by Gasteiger charge is -2.20. The average Bonchev–Trinajstić information content (AvgIpc) is 3.24. The molecule has 1 aromatic heterocycles. The third-order valence-corrected chi connectivity index (χ3v) is 11.6. The molecule has 0 spiro atoms. The number of hydrogen-bond acceptors (Lipinski definition) is 16. The van der Waals surface area contributed by atoms with Crippen LogP contribution in [0.25, 0.3) is 0 Å². The molecule has 0 amide bonds. The molecule has 1 fully saturated rings. The molecular weight excluding hydrogens is 655 g/mol. The van der Waals surface area contributed by atoms with Crippen molar-refractivity contribution in [2.45, 2.75) is 43.5 Å². The fraction of sp³-hybridized carbons (Fsp3) is 0.647. The van der Waals surface area contributed by atoms with Crippen molar-refractivity contribution >= 4 is 50.9 Å². The highest BCUT2D eigenvalue weighted by Gasteiger charge is 2.43. The van der Waals surface area contributed by atoms with E-state index in [2.05, 4.69) is 30.0 Å². The number of ether oxygens (including phenoxy) is 2. The van der Waals surface area contributed by atoms with Crippen molar-refractivity contribution in [1.29, 1.82) is 0 Å². The zero-order chi connectivity index (χ0) is 31.1. The predicted octanol–water partition coefficient (Wildman–Crippen LogP) is 0.160. The number of aromatic nitrogens is 2. The summed E-state index contributed by atoms with van der Waals surface area (Å²) in [7, 11) is -13.6. The summed E-state index contributed by atoms with van der Waals surface area (Å²) in [5.74, 6) is 11.0. The SMILES string of the molecule is CC(C)(CN)SSCOCC#Cc1cn([C@H]2C[C@@H](ON)[C@@H](COP(=O)(O)OP(=O)(O)OP(=O)(O)O)O2)c(=O)nc1N. The first-order chi connectivity index (χ1) is 18.9. The van der Waals surface area contributed by atoms with Crippen LogP contribution in [0.5, 0.6) is 0 Å². The zero-order valence-electron chi connectivity index (χ0n) is 21.5. The van der Waals surface area contributed by atoms with Gasteiger partial charge in [-0.15, -0.1) is 0 Å². The van der Waals surface area contributed by atoms with Gasteiger partial charge in [0.25, 0.3) is 0 Å². The smallest absolute Gasteiger partial charge is 0.382 e. The predicted molar refractivity (Wildman–Crippen MR) is 146 cm³/mol. The summed E-state index contributed by atoms with van der Waals surface area (Å²) >= 11 is 0. The highest BCUT2D eigenvalue weighted by atomic mass is 33.1. The Morgan fingerprint density at radius 3 is 2.51 bits per heavy atom. The van der Waals surface area contributed by atoms with E-state index in [9.17, 15) is 28.3 Å². The molecule has 2 rings (SSSR count). The molecule has 1 aliphatic heterocycles. The van der Waals surface area contributed by atoms with E-state index in [0.717, 1.165) is 4.57 Å². The summed E-state index contributed by atoms with van der Waals surface area (Å²) in [6.07, 6.45) is -2.17. The van der Waals surface area contributed by atoms with E-state index in [1.54, 1.807) is 10.8 Å². The van der Waals surface area contributed by atoms with Crippen molar-refractivity contribution < 1.29 is 60.7 Å². The number of phosphoric acid groups is 3. The van der Waals surface area contributed by atoms with Gasteiger partial charge >= 0.3 is 29.2 Å². The molecular formula is C17H30N5O14P3S2. The van der Waals surface area contributed by atoms with Gasteiger partial charge in [0.15, 0.2) is 0 Å². The largest absolute Gasteiger partial charge is 0.490 e. The summed E-state index contributed by atoms with van der Waals surface area (Å²) in [5, 5.41) is 0. The van der Waals surface area contributed by atoms with Crippen molar-refractivity contribution in [2.24, 2.45) is 11.6 Å². The fourth-order valence-corrected chi connectivity index (χ4v) is 8.02.